The largest absolute Gasteiger partial charge is 0.478 e. The van der Waals surface area contributed by atoms with Gasteiger partial charge in [0.15, 0.2) is 11.6 Å². The zero-order valence-electron chi connectivity index (χ0n) is 13.2. The molecule has 1 aliphatic heterocycles. The van der Waals surface area contributed by atoms with Gasteiger partial charge in [-0.25, -0.2) is 18.4 Å². The third-order valence-corrected chi connectivity index (χ3v) is 4.34. The van der Waals surface area contributed by atoms with Gasteiger partial charge in [0.05, 0.1) is 18.4 Å². The molecule has 0 aliphatic carbocycles. The second-order valence-corrected chi connectivity index (χ2v) is 6.18. The van der Waals surface area contributed by atoms with Crippen molar-refractivity contribution >= 4 is 23.5 Å². The Balaban J connectivity index is 0.000000209. The number of hydrogen-bond donors (Lipinski definition) is 3. The molecule has 0 radical (unpaired) electrons. The highest BCUT2D eigenvalue weighted by atomic mass is 32.2. The Labute approximate surface area is 150 Å². The zero-order chi connectivity index (χ0) is 19.3. The second kappa shape index (κ2) is 8.74. The van der Waals surface area contributed by atoms with Gasteiger partial charge in [0.2, 0.25) is 0 Å². The van der Waals surface area contributed by atoms with Crippen molar-refractivity contribution in [3.63, 3.8) is 0 Å². The molecular formula is C15H15F2N3O5S. The molecule has 1 aromatic heterocycles. The van der Waals surface area contributed by atoms with Crippen LogP contribution in [0.25, 0.3) is 0 Å². The lowest BCUT2D eigenvalue weighted by molar-refractivity contribution is -0.00677. The van der Waals surface area contributed by atoms with E-state index in [9.17, 15) is 18.4 Å². The minimum Gasteiger partial charge on any atom is -0.478 e. The summed E-state index contributed by atoms with van der Waals surface area (Å²) in [6, 6.07) is 5.26. The third-order valence-electron chi connectivity index (χ3n) is 3.23. The number of benzene rings is 1. The van der Waals surface area contributed by atoms with E-state index in [0.29, 0.717) is 5.75 Å². The molecule has 3 rings (SSSR count). The van der Waals surface area contributed by atoms with Crippen molar-refractivity contribution in [1.29, 1.82) is 0 Å². The molecule has 4 N–H and O–H groups in total. The number of aromatic nitrogens is 2. The molecule has 8 nitrogen and oxygen atoms in total. The summed E-state index contributed by atoms with van der Waals surface area (Å²) in [6.07, 6.45) is 0.354. The van der Waals surface area contributed by atoms with E-state index < -0.39 is 40.8 Å². The summed E-state index contributed by atoms with van der Waals surface area (Å²) in [7, 11) is 0. The van der Waals surface area contributed by atoms with Crippen LogP contribution < -0.4 is 11.4 Å². The van der Waals surface area contributed by atoms with E-state index in [2.05, 4.69) is 4.98 Å². The van der Waals surface area contributed by atoms with Crippen LogP contribution in [0.1, 0.15) is 16.6 Å². The first kappa shape index (κ1) is 19.8. The van der Waals surface area contributed by atoms with Crippen LogP contribution in [0.4, 0.5) is 14.6 Å². The number of nitrogens with two attached hydrogens (primary N) is 1. The standard InChI is InChI=1S/C8H10FN3O3S.C7H5FO2/c9-4-1-12(8(14)11-7(4)10)5-3-16-6(2-13)15-5;8-6-4-2-1-3-5(6)7(9)10/h1,5-6,13H,2-3H2,(H2,10,11,14);1-4H,(H,9,10)/t5-,6+;/m0./s1. The lowest BCUT2D eigenvalue weighted by Gasteiger charge is -2.13. The average Bonchev–Trinajstić information content (AvgIpc) is 3.08. The first-order valence-corrected chi connectivity index (χ1v) is 8.28. The molecule has 0 spiro atoms. The number of rotatable bonds is 3. The molecule has 140 valence electrons. The van der Waals surface area contributed by atoms with Gasteiger partial charge in [0.25, 0.3) is 0 Å². The van der Waals surface area contributed by atoms with Gasteiger partial charge in [-0.05, 0) is 12.1 Å². The summed E-state index contributed by atoms with van der Waals surface area (Å²) in [5.41, 5.74) is 3.81. The Morgan fingerprint density at radius 3 is 2.62 bits per heavy atom. The van der Waals surface area contributed by atoms with Crippen LogP contribution in [0, 0.1) is 11.6 Å². The first-order chi connectivity index (χ1) is 12.3. The zero-order valence-corrected chi connectivity index (χ0v) is 14.0. The predicted octanol–water partition coefficient (Wildman–Crippen LogP) is 1.07. The quantitative estimate of drug-likeness (QED) is 0.714. The molecule has 1 aliphatic rings. The maximum atomic E-state index is 13.1. The normalized spacial score (nSPS) is 18.9. The maximum Gasteiger partial charge on any atom is 0.351 e. The highest BCUT2D eigenvalue weighted by molar-refractivity contribution is 8.00. The number of nitrogens with zero attached hydrogens (tertiary/aromatic N) is 2. The molecule has 0 amide bonds. The number of ether oxygens (including phenoxy) is 1. The fourth-order valence-electron chi connectivity index (χ4n) is 1.98. The van der Waals surface area contributed by atoms with Gasteiger partial charge in [-0.3, -0.25) is 4.57 Å². The summed E-state index contributed by atoms with van der Waals surface area (Å²) in [4.78, 5) is 24.9. The summed E-state index contributed by atoms with van der Waals surface area (Å²) < 4.78 is 31.9. The fourth-order valence-corrected chi connectivity index (χ4v) is 2.91. The van der Waals surface area contributed by atoms with E-state index in [1.54, 1.807) is 0 Å². The van der Waals surface area contributed by atoms with Gasteiger partial charge in [-0.15, -0.1) is 11.8 Å². The Morgan fingerprint density at radius 2 is 2.08 bits per heavy atom. The number of hydrogen-bond acceptors (Lipinski definition) is 7. The topological polar surface area (TPSA) is 128 Å². The van der Waals surface area contributed by atoms with Crippen LogP contribution in [-0.4, -0.2) is 43.5 Å². The number of carbonyl (C=O) groups is 1. The highest BCUT2D eigenvalue weighted by Gasteiger charge is 2.28. The van der Waals surface area contributed by atoms with Gasteiger partial charge in [-0.2, -0.15) is 4.98 Å². The number of halogens is 2. The van der Waals surface area contributed by atoms with Crippen LogP contribution in [0.2, 0.25) is 0 Å². The number of nitrogen functional groups attached to an aromatic ring is 1. The highest BCUT2D eigenvalue weighted by Crippen LogP contribution is 2.30. The van der Waals surface area contributed by atoms with Gasteiger partial charge in [0, 0.05) is 5.75 Å². The lowest BCUT2D eigenvalue weighted by Crippen LogP contribution is -2.29. The van der Waals surface area contributed by atoms with Crippen molar-refractivity contribution in [3.05, 3.63) is 58.1 Å². The number of anilines is 1. The van der Waals surface area contributed by atoms with Crippen molar-refractivity contribution in [3.8, 4) is 0 Å². The second-order valence-electron chi connectivity index (χ2n) is 4.99. The summed E-state index contributed by atoms with van der Waals surface area (Å²) in [5, 5.41) is 17.2. The van der Waals surface area contributed by atoms with Crippen LogP contribution in [0.3, 0.4) is 0 Å². The van der Waals surface area contributed by atoms with E-state index >= 15 is 0 Å². The minimum absolute atomic E-state index is 0.152. The molecule has 0 unspecified atom stereocenters. The Morgan fingerprint density at radius 1 is 1.38 bits per heavy atom. The number of aromatic carboxylic acids is 1. The SMILES string of the molecule is Nc1nc(=O)n([C@@H]2CS[C@H](CO)O2)cc1F.O=C(O)c1ccccc1F. The molecule has 0 saturated carbocycles. The van der Waals surface area contributed by atoms with Crippen molar-refractivity contribution in [2.45, 2.75) is 11.7 Å². The average molecular weight is 387 g/mol. The Kier molecular flexibility index (Phi) is 6.66. The van der Waals surface area contributed by atoms with E-state index in [1.165, 1.54) is 30.0 Å². The molecule has 0 bridgehead atoms. The van der Waals surface area contributed by atoms with Crippen LogP contribution in [-0.2, 0) is 4.74 Å². The Bertz CT molecular complexity index is 848. The molecule has 2 heterocycles. The van der Waals surface area contributed by atoms with E-state index in [0.717, 1.165) is 16.8 Å². The van der Waals surface area contributed by atoms with Crippen LogP contribution >= 0.6 is 11.8 Å². The smallest absolute Gasteiger partial charge is 0.351 e. The molecule has 1 fully saturated rings. The molecular weight excluding hydrogens is 372 g/mol. The monoisotopic (exact) mass is 387 g/mol. The summed E-state index contributed by atoms with van der Waals surface area (Å²) in [5.74, 6) is -2.67. The molecule has 1 saturated heterocycles. The fraction of sp³-hybridized carbons (Fsp3) is 0.267. The van der Waals surface area contributed by atoms with E-state index in [-0.39, 0.29) is 12.2 Å². The summed E-state index contributed by atoms with van der Waals surface area (Å²) >= 11 is 1.35. The van der Waals surface area contributed by atoms with Gasteiger partial charge < -0.3 is 20.7 Å². The summed E-state index contributed by atoms with van der Waals surface area (Å²) in [6.45, 7) is -0.152. The van der Waals surface area contributed by atoms with Crippen LogP contribution in [0.5, 0.6) is 0 Å². The molecule has 26 heavy (non-hydrogen) atoms. The van der Waals surface area contributed by atoms with Gasteiger partial charge in [-0.1, -0.05) is 12.1 Å². The van der Waals surface area contributed by atoms with Crippen molar-refractivity contribution < 1.29 is 28.5 Å². The molecule has 1 aromatic carbocycles. The number of aliphatic hydroxyl groups is 1. The minimum atomic E-state index is -1.24. The van der Waals surface area contributed by atoms with Crippen LogP contribution in [0.15, 0.2) is 35.3 Å². The van der Waals surface area contributed by atoms with Gasteiger partial charge >= 0.3 is 11.7 Å². The maximum absolute atomic E-state index is 13.1. The third kappa shape index (κ3) is 4.77. The first-order valence-electron chi connectivity index (χ1n) is 7.23. The number of carboxylic acid groups (broad SMARTS) is 1. The number of aliphatic hydroxyl groups excluding tert-OH is 1. The Hall–Kier alpha value is -2.50. The van der Waals surface area contributed by atoms with Crippen molar-refractivity contribution in [2.75, 3.05) is 18.1 Å². The molecule has 11 heteroatoms. The van der Waals surface area contributed by atoms with E-state index in [1.807, 2.05) is 0 Å². The predicted molar refractivity (Wildman–Crippen MR) is 89.7 cm³/mol. The molecule has 2 atom stereocenters. The number of carboxylic acids is 1. The molecule has 2 aromatic rings. The van der Waals surface area contributed by atoms with Gasteiger partial charge in [0.1, 0.15) is 17.5 Å². The lowest BCUT2D eigenvalue weighted by atomic mass is 10.2. The number of thioether (sulfide) groups is 1. The van der Waals surface area contributed by atoms with Crippen molar-refractivity contribution in [1.82, 2.24) is 9.55 Å². The van der Waals surface area contributed by atoms with Crippen molar-refractivity contribution in [2.24, 2.45) is 0 Å². The van der Waals surface area contributed by atoms with E-state index in [4.69, 9.17) is 20.7 Å².